The molecular formula is C10H24N5O+. The lowest BCUT2D eigenvalue weighted by Crippen LogP contribution is -2.43. The molecular weight excluding hydrogens is 206 g/mol. The highest BCUT2D eigenvalue weighted by atomic mass is 16.8. The van der Waals surface area contributed by atoms with E-state index in [0.717, 1.165) is 45.6 Å². The normalized spacial score (nSPS) is 19.1. The maximum absolute atomic E-state index is 5.58. The van der Waals surface area contributed by atoms with Gasteiger partial charge in [0.15, 0.2) is 0 Å². The fourth-order valence-electron chi connectivity index (χ4n) is 1.69. The molecule has 6 heteroatoms. The van der Waals surface area contributed by atoms with Gasteiger partial charge in [-0.15, -0.1) is 4.94 Å². The van der Waals surface area contributed by atoms with Crippen LogP contribution in [0.3, 0.4) is 0 Å². The van der Waals surface area contributed by atoms with E-state index in [1.54, 1.807) is 19.2 Å². The summed E-state index contributed by atoms with van der Waals surface area (Å²) in [5.74, 6) is 5.58. The van der Waals surface area contributed by atoms with E-state index < -0.39 is 0 Å². The van der Waals surface area contributed by atoms with Crippen molar-refractivity contribution in [1.29, 1.82) is 0 Å². The third-order valence-corrected chi connectivity index (χ3v) is 2.45. The molecule has 0 aromatic rings. The van der Waals surface area contributed by atoms with Gasteiger partial charge in [0.05, 0.1) is 0 Å². The zero-order chi connectivity index (χ0) is 11.8. The van der Waals surface area contributed by atoms with Gasteiger partial charge in [0.1, 0.15) is 4.85 Å². The van der Waals surface area contributed by atoms with Crippen LogP contribution in [0, 0.1) is 0 Å². The zero-order valence-corrected chi connectivity index (χ0v) is 10.4. The van der Waals surface area contributed by atoms with Crippen molar-refractivity contribution in [1.82, 2.24) is 15.3 Å². The molecule has 1 heterocycles. The average molecular weight is 230 g/mol. The summed E-state index contributed by atoms with van der Waals surface area (Å²) >= 11 is 0. The maximum Gasteiger partial charge on any atom is 0.230 e. The molecule has 0 radical (unpaired) electrons. The van der Waals surface area contributed by atoms with Gasteiger partial charge in [-0.1, -0.05) is 5.06 Å². The van der Waals surface area contributed by atoms with E-state index in [4.69, 9.17) is 10.8 Å². The van der Waals surface area contributed by atoms with Crippen LogP contribution >= 0.6 is 0 Å². The summed E-state index contributed by atoms with van der Waals surface area (Å²) in [5, 5.41) is 4.90. The van der Waals surface area contributed by atoms with Crippen LogP contribution in [0.4, 0.5) is 0 Å². The molecule has 0 unspecified atom stereocenters. The molecule has 0 amide bonds. The van der Waals surface area contributed by atoms with Crippen LogP contribution in [-0.2, 0) is 4.94 Å². The molecule has 1 aliphatic heterocycles. The molecule has 0 aromatic heterocycles. The molecule has 1 saturated heterocycles. The Morgan fingerprint density at radius 2 is 2.12 bits per heavy atom. The second-order valence-corrected chi connectivity index (χ2v) is 4.17. The van der Waals surface area contributed by atoms with Crippen molar-refractivity contribution in [2.75, 3.05) is 46.8 Å². The van der Waals surface area contributed by atoms with Gasteiger partial charge in [-0.25, -0.2) is 0 Å². The summed E-state index contributed by atoms with van der Waals surface area (Å²) in [4.78, 5) is 8.84. The number of hydrogen-bond donors (Lipinski definition) is 2. The van der Waals surface area contributed by atoms with Crippen molar-refractivity contribution in [3.63, 3.8) is 0 Å². The number of nitrogens with one attached hydrogen (secondary N) is 1. The second-order valence-electron chi connectivity index (χ2n) is 4.17. The van der Waals surface area contributed by atoms with Crippen LogP contribution in [0.5, 0.6) is 0 Å². The lowest BCUT2D eigenvalue weighted by atomic mass is 10.3. The molecule has 0 aromatic carbocycles. The number of hydrogen-bond acceptors (Lipinski definition) is 5. The summed E-state index contributed by atoms with van der Waals surface area (Å²) in [6.45, 7) is 5.65. The van der Waals surface area contributed by atoms with E-state index in [0.29, 0.717) is 0 Å². The van der Waals surface area contributed by atoms with E-state index in [9.17, 15) is 0 Å². The van der Waals surface area contributed by atoms with E-state index in [-0.39, 0.29) is 0 Å². The van der Waals surface area contributed by atoms with Gasteiger partial charge in [-0.05, 0) is 13.0 Å². The van der Waals surface area contributed by atoms with Crippen molar-refractivity contribution in [3.8, 4) is 0 Å². The van der Waals surface area contributed by atoms with Gasteiger partial charge in [-0.2, -0.15) is 5.84 Å². The summed E-state index contributed by atoms with van der Waals surface area (Å²) in [7, 11) is 3.60. The monoisotopic (exact) mass is 230 g/mol. The summed E-state index contributed by atoms with van der Waals surface area (Å²) in [6, 6.07) is 0. The largest absolute Gasteiger partial charge is 0.314 e. The van der Waals surface area contributed by atoms with Gasteiger partial charge >= 0.3 is 0 Å². The van der Waals surface area contributed by atoms with Gasteiger partial charge < -0.3 is 10.2 Å². The standard InChI is InChI=1S/C10H24N5O/c1-13(2)16-15(11)8-4-3-7-14-9-5-12-6-10-14/h8,12H,3-7,9-11H2,1-2H3/q+1/b15-8+. The highest BCUT2D eigenvalue weighted by molar-refractivity contribution is 5.50. The van der Waals surface area contributed by atoms with Crippen molar-refractivity contribution >= 4 is 6.21 Å². The minimum absolute atomic E-state index is 0.939. The Labute approximate surface area is 97.5 Å². The molecule has 0 atom stereocenters. The van der Waals surface area contributed by atoms with Gasteiger partial charge in [0.25, 0.3) is 0 Å². The summed E-state index contributed by atoms with van der Waals surface area (Å²) < 4.78 is 0. The average Bonchev–Trinajstić information content (AvgIpc) is 2.25. The lowest BCUT2D eigenvalue weighted by molar-refractivity contribution is -0.840. The zero-order valence-electron chi connectivity index (χ0n) is 10.4. The first kappa shape index (κ1) is 13.2. The van der Waals surface area contributed by atoms with Crippen molar-refractivity contribution in [2.45, 2.75) is 12.8 Å². The fourth-order valence-corrected chi connectivity index (χ4v) is 1.69. The third kappa shape index (κ3) is 5.89. The van der Waals surface area contributed by atoms with Crippen LogP contribution in [0.25, 0.3) is 0 Å². The molecule has 0 aliphatic carbocycles. The molecule has 1 fully saturated rings. The molecule has 3 N–H and O–H groups in total. The van der Waals surface area contributed by atoms with Crippen LogP contribution in [0.15, 0.2) is 0 Å². The summed E-state index contributed by atoms with van der Waals surface area (Å²) in [5.41, 5.74) is 0. The van der Waals surface area contributed by atoms with E-state index in [1.165, 1.54) is 4.85 Å². The fraction of sp³-hybridized carbons (Fsp3) is 0.900. The number of rotatable bonds is 6. The SMILES string of the molecule is CN(C)O/[N+](N)=C/CCCN1CCNCC1. The predicted octanol–water partition coefficient (Wildman–Crippen LogP) is -0.963. The lowest BCUT2D eigenvalue weighted by Gasteiger charge is -2.26. The number of unbranched alkanes of at least 4 members (excludes halogenated alkanes) is 1. The summed E-state index contributed by atoms with van der Waals surface area (Å²) in [6.07, 6.45) is 3.92. The van der Waals surface area contributed by atoms with Crippen LogP contribution < -0.4 is 11.2 Å². The van der Waals surface area contributed by atoms with Gasteiger partial charge in [-0.3, -0.25) is 0 Å². The third-order valence-electron chi connectivity index (χ3n) is 2.45. The Kier molecular flexibility index (Phi) is 6.14. The number of hydrazine groups is 1. The molecule has 1 aliphatic rings. The van der Waals surface area contributed by atoms with E-state index >= 15 is 0 Å². The Hall–Kier alpha value is -0.850. The Balaban J connectivity index is 2.05. The number of nitrogens with two attached hydrogens (primary N) is 1. The highest BCUT2D eigenvalue weighted by Crippen LogP contribution is 1.95. The minimum atomic E-state index is 0.939. The Bertz CT molecular complexity index is 213. The van der Waals surface area contributed by atoms with Gasteiger partial charge in [0.2, 0.25) is 6.21 Å². The van der Waals surface area contributed by atoms with Gasteiger partial charge in [0, 0.05) is 46.7 Å². The predicted molar refractivity (Wildman–Crippen MR) is 63.8 cm³/mol. The Morgan fingerprint density at radius 3 is 2.75 bits per heavy atom. The molecule has 1 rings (SSSR count). The quantitative estimate of drug-likeness (QED) is 0.202. The smallest absolute Gasteiger partial charge is 0.230 e. The topological polar surface area (TPSA) is 56.8 Å². The van der Waals surface area contributed by atoms with Crippen molar-refractivity contribution in [3.05, 3.63) is 0 Å². The first-order chi connectivity index (χ1) is 7.68. The minimum Gasteiger partial charge on any atom is -0.314 e. The van der Waals surface area contributed by atoms with E-state index in [1.807, 2.05) is 6.21 Å². The molecule has 0 spiro atoms. The highest BCUT2D eigenvalue weighted by Gasteiger charge is 2.08. The van der Waals surface area contributed by atoms with E-state index in [2.05, 4.69) is 10.2 Å². The van der Waals surface area contributed by atoms with Crippen molar-refractivity contribution < 1.29 is 9.79 Å². The van der Waals surface area contributed by atoms with Crippen LogP contribution in [-0.4, -0.2) is 67.8 Å². The van der Waals surface area contributed by atoms with Crippen molar-refractivity contribution in [2.24, 2.45) is 5.84 Å². The second kappa shape index (κ2) is 7.43. The van der Waals surface area contributed by atoms with Crippen LogP contribution in [0.1, 0.15) is 12.8 Å². The number of nitrogens with zero attached hydrogens (tertiary/aromatic N) is 3. The molecule has 94 valence electrons. The first-order valence-electron chi connectivity index (χ1n) is 5.84. The number of hydrazone groups is 1. The Morgan fingerprint density at radius 1 is 1.44 bits per heavy atom. The number of hydroxylamine groups is 2. The molecule has 0 bridgehead atoms. The molecule has 16 heavy (non-hydrogen) atoms. The first-order valence-corrected chi connectivity index (χ1v) is 5.84. The molecule has 0 saturated carbocycles. The number of piperazine rings is 1. The molecule has 6 nitrogen and oxygen atoms in total. The van der Waals surface area contributed by atoms with Crippen LogP contribution in [0.2, 0.25) is 0 Å². The maximum atomic E-state index is 5.58.